The molecule has 3 aliphatic heterocycles. The maximum atomic E-state index is 13.5. The van der Waals surface area contributed by atoms with Crippen LogP contribution in [0.2, 0.25) is 0 Å². The molecule has 0 saturated carbocycles. The monoisotopic (exact) mass is 388 g/mol. The van der Waals surface area contributed by atoms with E-state index in [0.717, 1.165) is 25.9 Å². The first-order valence-electron chi connectivity index (χ1n) is 10.1. The quantitative estimate of drug-likeness (QED) is 0.776. The second kappa shape index (κ2) is 6.90. The Labute approximate surface area is 164 Å². The lowest BCUT2D eigenvalue weighted by Gasteiger charge is -2.32. The SMILES string of the molecule is Cc1cc(C(=O)N2C[C@@H]3CN(C(=O)C(C)C)C[C@]3(C(=O)N3CCCC3)C2)no1. The van der Waals surface area contributed by atoms with Crippen molar-refractivity contribution in [3.8, 4) is 0 Å². The number of amides is 3. The van der Waals surface area contributed by atoms with Crippen LogP contribution in [-0.4, -0.2) is 76.8 Å². The zero-order chi connectivity index (χ0) is 20.1. The van der Waals surface area contributed by atoms with Crippen LogP contribution in [0.25, 0.3) is 0 Å². The lowest BCUT2D eigenvalue weighted by Crippen LogP contribution is -2.49. The molecule has 0 aliphatic carbocycles. The van der Waals surface area contributed by atoms with Gasteiger partial charge in [0.15, 0.2) is 5.69 Å². The van der Waals surface area contributed by atoms with E-state index in [1.54, 1.807) is 17.9 Å². The van der Waals surface area contributed by atoms with E-state index < -0.39 is 5.41 Å². The number of nitrogens with zero attached hydrogens (tertiary/aromatic N) is 4. The fourth-order valence-electron chi connectivity index (χ4n) is 4.92. The number of likely N-dealkylation sites (tertiary alicyclic amines) is 3. The van der Waals surface area contributed by atoms with Crippen LogP contribution in [0.15, 0.2) is 10.6 Å². The largest absolute Gasteiger partial charge is 0.361 e. The molecule has 3 fully saturated rings. The number of rotatable bonds is 3. The highest BCUT2D eigenvalue weighted by molar-refractivity contribution is 5.94. The van der Waals surface area contributed by atoms with Crippen LogP contribution >= 0.6 is 0 Å². The van der Waals surface area contributed by atoms with Gasteiger partial charge in [0.25, 0.3) is 5.91 Å². The number of aryl methyl sites for hydroxylation is 1. The molecule has 0 bridgehead atoms. The molecule has 0 spiro atoms. The maximum Gasteiger partial charge on any atom is 0.276 e. The number of carbonyl (C=O) groups is 3. The summed E-state index contributed by atoms with van der Waals surface area (Å²) in [6, 6.07) is 1.62. The van der Waals surface area contributed by atoms with Crippen molar-refractivity contribution < 1.29 is 18.9 Å². The van der Waals surface area contributed by atoms with Gasteiger partial charge in [-0.25, -0.2) is 0 Å². The molecule has 0 radical (unpaired) electrons. The van der Waals surface area contributed by atoms with Gasteiger partial charge in [0.2, 0.25) is 11.8 Å². The lowest BCUT2D eigenvalue weighted by atomic mass is 9.79. The Morgan fingerprint density at radius 3 is 2.36 bits per heavy atom. The molecule has 1 aromatic heterocycles. The Morgan fingerprint density at radius 1 is 1.11 bits per heavy atom. The summed E-state index contributed by atoms with van der Waals surface area (Å²) in [4.78, 5) is 44.5. The number of carbonyl (C=O) groups excluding carboxylic acids is 3. The van der Waals surface area contributed by atoms with Gasteiger partial charge in [0, 0.05) is 57.2 Å². The van der Waals surface area contributed by atoms with Gasteiger partial charge >= 0.3 is 0 Å². The molecule has 8 nitrogen and oxygen atoms in total. The normalized spacial score (nSPS) is 27.0. The Balaban J connectivity index is 1.60. The van der Waals surface area contributed by atoms with Crippen LogP contribution in [0.4, 0.5) is 0 Å². The molecule has 28 heavy (non-hydrogen) atoms. The zero-order valence-corrected chi connectivity index (χ0v) is 16.8. The van der Waals surface area contributed by atoms with Crippen molar-refractivity contribution in [3.05, 3.63) is 17.5 Å². The van der Waals surface area contributed by atoms with Gasteiger partial charge in [-0.15, -0.1) is 0 Å². The Kier molecular flexibility index (Phi) is 4.67. The van der Waals surface area contributed by atoms with Crippen LogP contribution in [0.3, 0.4) is 0 Å². The summed E-state index contributed by atoms with van der Waals surface area (Å²) >= 11 is 0. The van der Waals surface area contributed by atoms with Gasteiger partial charge in [0.1, 0.15) is 5.76 Å². The van der Waals surface area contributed by atoms with Crippen LogP contribution < -0.4 is 0 Å². The van der Waals surface area contributed by atoms with Crippen molar-refractivity contribution in [2.45, 2.75) is 33.6 Å². The van der Waals surface area contributed by atoms with E-state index in [1.807, 2.05) is 23.6 Å². The molecule has 2 atom stereocenters. The molecule has 3 amide bonds. The fourth-order valence-corrected chi connectivity index (χ4v) is 4.92. The lowest BCUT2D eigenvalue weighted by molar-refractivity contribution is -0.141. The first-order chi connectivity index (χ1) is 13.3. The van der Waals surface area contributed by atoms with Crippen molar-refractivity contribution in [3.63, 3.8) is 0 Å². The number of hydrogen-bond acceptors (Lipinski definition) is 5. The molecule has 0 N–H and O–H groups in total. The van der Waals surface area contributed by atoms with Crippen molar-refractivity contribution in [1.82, 2.24) is 19.9 Å². The zero-order valence-electron chi connectivity index (χ0n) is 16.8. The summed E-state index contributed by atoms with van der Waals surface area (Å²) in [5, 5.41) is 3.84. The highest BCUT2D eigenvalue weighted by atomic mass is 16.5. The van der Waals surface area contributed by atoms with E-state index in [2.05, 4.69) is 5.16 Å². The van der Waals surface area contributed by atoms with E-state index in [0.29, 0.717) is 31.9 Å². The molecule has 4 heterocycles. The molecule has 4 rings (SSSR count). The summed E-state index contributed by atoms with van der Waals surface area (Å²) < 4.78 is 5.04. The van der Waals surface area contributed by atoms with Crippen molar-refractivity contribution in [2.75, 3.05) is 39.3 Å². The third-order valence-electron chi connectivity index (χ3n) is 6.37. The maximum absolute atomic E-state index is 13.5. The molecule has 0 aromatic carbocycles. The summed E-state index contributed by atoms with van der Waals surface area (Å²) in [6.45, 7) is 8.76. The topological polar surface area (TPSA) is 87.0 Å². The number of aromatic nitrogens is 1. The van der Waals surface area contributed by atoms with Gasteiger partial charge in [0.05, 0.1) is 5.41 Å². The second-order valence-electron chi connectivity index (χ2n) is 8.73. The third-order valence-corrected chi connectivity index (χ3v) is 6.37. The van der Waals surface area contributed by atoms with E-state index >= 15 is 0 Å². The highest BCUT2D eigenvalue weighted by Gasteiger charge is 2.60. The van der Waals surface area contributed by atoms with Crippen LogP contribution in [-0.2, 0) is 9.59 Å². The van der Waals surface area contributed by atoms with E-state index in [-0.39, 0.29) is 35.3 Å². The standard InChI is InChI=1S/C20H28N4O4/c1-13(2)17(25)23-9-15-10-24(18(26)16-8-14(3)28-21-16)12-20(15,11-23)19(27)22-6-4-5-7-22/h8,13,15H,4-7,9-12H2,1-3H3/t15-,20-/m0/s1. The predicted octanol–water partition coefficient (Wildman–Crippen LogP) is 1.16. The van der Waals surface area contributed by atoms with Crippen LogP contribution in [0.1, 0.15) is 42.9 Å². The smallest absolute Gasteiger partial charge is 0.276 e. The van der Waals surface area contributed by atoms with Crippen molar-refractivity contribution in [1.29, 1.82) is 0 Å². The second-order valence-corrected chi connectivity index (χ2v) is 8.73. The molecule has 0 unspecified atom stereocenters. The Morgan fingerprint density at radius 2 is 1.75 bits per heavy atom. The summed E-state index contributed by atoms with van der Waals surface area (Å²) in [5.74, 6) is 0.406. The third kappa shape index (κ3) is 2.99. The minimum absolute atomic E-state index is 0.0414. The minimum Gasteiger partial charge on any atom is -0.361 e. The Bertz CT molecular complexity index is 798. The van der Waals surface area contributed by atoms with Gasteiger partial charge in [-0.3, -0.25) is 14.4 Å². The fraction of sp³-hybridized carbons (Fsp3) is 0.700. The molecule has 3 aliphatic rings. The van der Waals surface area contributed by atoms with E-state index in [1.165, 1.54) is 0 Å². The van der Waals surface area contributed by atoms with Crippen LogP contribution in [0, 0.1) is 24.2 Å². The molecule has 3 saturated heterocycles. The van der Waals surface area contributed by atoms with Gasteiger partial charge in [-0.1, -0.05) is 19.0 Å². The molecule has 8 heteroatoms. The number of hydrogen-bond donors (Lipinski definition) is 0. The number of fused-ring (bicyclic) bond motifs is 1. The van der Waals surface area contributed by atoms with E-state index in [9.17, 15) is 14.4 Å². The van der Waals surface area contributed by atoms with Crippen molar-refractivity contribution >= 4 is 17.7 Å². The summed E-state index contributed by atoms with van der Waals surface area (Å²) in [7, 11) is 0. The Hall–Kier alpha value is -2.38. The van der Waals surface area contributed by atoms with Crippen molar-refractivity contribution in [2.24, 2.45) is 17.3 Å². The minimum atomic E-state index is -0.705. The highest BCUT2D eigenvalue weighted by Crippen LogP contribution is 2.45. The average Bonchev–Trinajstić information content (AvgIpc) is 3.42. The van der Waals surface area contributed by atoms with Gasteiger partial charge in [-0.2, -0.15) is 0 Å². The average molecular weight is 388 g/mol. The summed E-state index contributed by atoms with van der Waals surface area (Å²) in [5.41, 5.74) is -0.431. The summed E-state index contributed by atoms with van der Waals surface area (Å²) in [6.07, 6.45) is 2.03. The first-order valence-corrected chi connectivity index (χ1v) is 10.1. The molecular weight excluding hydrogens is 360 g/mol. The van der Waals surface area contributed by atoms with Gasteiger partial charge in [-0.05, 0) is 19.8 Å². The first kappa shape index (κ1) is 19.0. The van der Waals surface area contributed by atoms with E-state index in [4.69, 9.17) is 4.52 Å². The molecule has 152 valence electrons. The molecular formula is C20H28N4O4. The van der Waals surface area contributed by atoms with Crippen LogP contribution in [0.5, 0.6) is 0 Å². The van der Waals surface area contributed by atoms with Gasteiger partial charge < -0.3 is 19.2 Å². The predicted molar refractivity (Wildman–Crippen MR) is 100 cm³/mol. The molecule has 1 aromatic rings.